The van der Waals surface area contributed by atoms with E-state index >= 15 is 0 Å². The van der Waals surface area contributed by atoms with Crippen molar-refractivity contribution in [3.05, 3.63) is 134 Å². The van der Waals surface area contributed by atoms with Crippen molar-refractivity contribution in [2.75, 3.05) is 19.8 Å². The Bertz CT molecular complexity index is 2040. The molecule has 520 valence electrons. The third-order valence-corrected chi connectivity index (χ3v) is 16.6. The number of nitrogens with one attached hydrogen (secondary N) is 1. The summed E-state index contributed by atoms with van der Waals surface area (Å²) in [5, 5.41) is 87.3. The molecule has 0 aromatic carbocycles. The second-order valence-corrected chi connectivity index (χ2v) is 24.6. The SMILES string of the molecule is CC/C=C\C/C=C\C/C=C\C/C=C\C/C=C\C/C=C\C/C=C\C/C=C\C/C=C\CCCCCCCCCCCCCCCC(=O)NC(COC1OC(CO)C(OC2OC(CO)C(O)C(O)C2O)C(O)C1O)C(O)/C=C/CC/C=C/CCCCCCCCCCCC. The summed E-state index contributed by atoms with van der Waals surface area (Å²) in [6.07, 6.45) is 72.3. The smallest absolute Gasteiger partial charge is 0.220 e. The zero-order valence-electron chi connectivity index (χ0n) is 56.5. The maximum atomic E-state index is 13.3. The Morgan fingerprint density at radius 1 is 0.407 bits per heavy atom. The number of amides is 1. The highest BCUT2D eigenvalue weighted by Gasteiger charge is 2.51. The molecule has 2 rings (SSSR count). The van der Waals surface area contributed by atoms with Crippen molar-refractivity contribution in [3.8, 4) is 0 Å². The first-order chi connectivity index (χ1) is 44.6. The molecule has 14 heteroatoms. The maximum absolute atomic E-state index is 13.3. The standard InChI is InChI=1S/C77H129NO13/c1-3-5-7-9-11-13-15-17-19-21-22-23-24-25-26-27-28-29-30-31-32-33-34-35-36-37-38-39-40-41-42-43-44-45-47-49-51-53-55-57-59-61-69(82)78-65(66(81)60-58-56-54-52-50-48-46-20-18-16-14-12-10-8-6-4-2)64-88-76-74(87)72(85)75(68(63-80)90-76)91-77-73(86)71(84)70(83)67(62-79)89-77/h5,7,11,13,17,19,22-23,25-26,28-29,31-32,34-35,37-38,50,52,58,60,65-68,70-77,79-81,83-87H,3-4,6,8-10,12,14-16,18,20-21,24,27,30,33,36,39-49,51,53-57,59,61-64H2,1-2H3,(H,78,82)/b7-5-,13-11-,19-17-,23-22-,26-25-,29-28-,32-31-,35-34-,38-37-,52-50+,60-58+. The third kappa shape index (κ3) is 43.7. The molecule has 12 atom stereocenters. The second kappa shape index (κ2) is 59.8. The monoisotopic (exact) mass is 1280 g/mol. The van der Waals surface area contributed by atoms with E-state index in [1.807, 2.05) is 6.08 Å². The lowest BCUT2D eigenvalue weighted by Gasteiger charge is -2.46. The Kier molecular flexibility index (Phi) is 54.7. The van der Waals surface area contributed by atoms with E-state index in [-0.39, 0.29) is 18.9 Å². The van der Waals surface area contributed by atoms with Crippen molar-refractivity contribution in [1.82, 2.24) is 5.32 Å². The van der Waals surface area contributed by atoms with Gasteiger partial charge >= 0.3 is 0 Å². The van der Waals surface area contributed by atoms with E-state index in [4.69, 9.17) is 18.9 Å². The van der Waals surface area contributed by atoms with Gasteiger partial charge < -0.3 is 65.1 Å². The average Bonchev–Trinajstić information content (AvgIpc) is 1.24. The third-order valence-electron chi connectivity index (χ3n) is 16.6. The quantitative estimate of drug-likeness (QED) is 0.0204. The molecule has 2 aliphatic rings. The summed E-state index contributed by atoms with van der Waals surface area (Å²) in [4.78, 5) is 13.3. The van der Waals surface area contributed by atoms with Crippen molar-refractivity contribution in [3.63, 3.8) is 0 Å². The Morgan fingerprint density at radius 2 is 0.769 bits per heavy atom. The number of hydrogen-bond donors (Lipinski definition) is 9. The minimum Gasteiger partial charge on any atom is -0.394 e. The number of rotatable bonds is 57. The molecule has 1 amide bonds. The number of aliphatic hydroxyl groups is 8. The number of unbranched alkanes of at least 4 members (excludes halogenated alkanes) is 24. The van der Waals surface area contributed by atoms with Gasteiger partial charge in [0.05, 0.1) is 32.0 Å². The summed E-state index contributed by atoms with van der Waals surface area (Å²) in [6.45, 7) is 2.66. The summed E-state index contributed by atoms with van der Waals surface area (Å²) < 4.78 is 22.8. The fourth-order valence-electron chi connectivity index (χ4n) is 10.9. The molecule has 0 aromatic rings. The summed E-state index contributed by atoms with van der Waals surface area (Å²) in [7, 11) is 0. The molecule has 0 radical (unpaired) electrons. The fraction of sp³-hybridized carbons (Fsp3) is 0.701. The number of allylic oxidation sites excluding steroid dienone is 21. The van der Waals surface area contributed by atoms with Gasteiger partial charge in [0.2, 0.25) is 5.91 Å². The van der Waals surface area contributed by atoms with E-state index in [0.717, 1.165) is 96.3 Å². The van der Waals surface area contributed by atoms with E-state index in [0.29, 0.717) is 12.8 Å². The zero-order chi connectivity index (χ0) is 65.9. The molecule has 2 heterocycles. The van der Waals surface area contributed by atoms with Gasteiger partial charge in [-0.15, -0.1) is 0 Å². The van der Waals surface area contributed by atoms with E-state index in [1.54, 1.807) is 6.08 Å². The molecule has 91 heavy (non-hydrogen) atoms. The van der Waals surface area contributed by atoms with Gasteiger partial charge in [0.15, 0.2) is 12.6 Å². The largest absolute Gasteiger partial charge is 0.394 e. The second-order valence-electron chi connectivity index (χ2n) is 24.6. The van der Waals surface area contributed by atoms with Crippen LogP contribution in [0, 0.1) is 0 Å². The molecule has 0 bridgehead atoms. The van der Waals surface area contributed by atoms with Crippen LogP contribution in [-0.2, 0) is 23.7 Å². The molecule has 9 N–H and O–H groups in total. The van der Waals surface area contributed by atoms with E-state index in [1.165, 1.54) is 122 Å². The summed E-state index contributed by atoms with van der Waals surface area (Å²) in [6, 6.07) is -0.940. The Hall–Kier alpha value is -3.87. The molecule has 14 nitrogen and oxygen atoms in total. The van der Waals surface area contributed by atoms with Crippen LogP contribution in [0.2, 0.25) is 0 Å². The van der Waals surface area contributed by atoms with Crippen LogP contribution in [0.3, 0.4) is 0 Å². The molecular formula is C77H129NO13. The van der Waals surface area contributed by atoms with Crippen LogP contribution in [-0.4, -0.2) is 140 Å². The average molecular weight is 1280 g/mol. The highest BCUT2D eigenvalue weighted by Crippen LogP contribution is 2.30. The van der Waals surface area contributed by atoms with Gasteiger partial charge in [-0.2, -0.15) is 0 Å². The molecule has 0 aromatic heterocycles. The van der Waals surface area contributed by atoms with Crippen molar-refractivity contribution in [2.45, 2.75) is 325 Å². The van der Waals surface area contributed by atoms with Crippen LogP contribution in [0.1, 0.15) is 251 Å². The lowest BCUT2D eigenvalue weighted by molar-refractivity contribution is -0.359. The number of carbonyl (C=O) groups is 1. The first-order valence-electron chi connectivity index (χ1n) is 35.9. The lowest BCUT2D eigenvalue weighted by Crippen LogP contribution is -2.65. The van der Waals surface area contributed by atoms with Crippen LogP contribution in [0.15, 0.2) is 134 Å². The molecular weight excluding hydrogens is 1150 g/mol. The molecule has 2 aliphatic heterocycles. The van der Waals surface area contributed by atoms with E-state index < -0.39 is 86.8 Å². The molecule has 2 saturated heterocycles. The Labute approximate surface area is 551 Å². The molecule has 12 unspecified atom stereocenters. The predicted molar refractivity (Wildman–Crippen MR) is 373 cm³/mol. The van der Waals surface area contributed by atoms with Gasteiger partial charge in [0.1, 0.15) is 48.8 Å². The first kappa shape index (κ1) is 83.2. The van der Waals surface area contributed by atoms with Gasteiger partial charge in [-0.1, -0.05) is 276 Å². The van der Waals surface area contributed by atoms with Crippen molar-refractivity contribution in [2.24, 2.45) is 0 Å². The molecule has 0 saturated carbocycles. The van der Waals surface area contributed by atoms with E-state index in [9.17, 15) is 45.6 Å². The summed E-state index contributed by atoms with van der Waals surface area (Å²) in [5.74, 6) is -0.255. The van der Waals surface area contributed by atoms with Crippen molar-refractivity contribution >= 4 is 5.91 Å². The van der Waals surface area contributed by atoms with Crippen LogP contribution in [0.4, 0.5) is 0 Å². The molecule has 0 aliphatic carbocycles. The van der Waals surface area contributed by atoms with Gasteiger partial charge in [0, 0.05) is 6.42 Å². The Morgan fingerprint density at radius 3 is 1.21 bits per heavy atom. The van der Waals surface area contributed by atoms with Gasteiger partial charge in [0.25, 0.3) is 0 Å². The summed E-state index contributed by atoms with van der Waals surface area (Å²) >= 11 is 0. The number of carbonyl (C=O) groups excluding carboxylic acids is 1. The number of hydrogen-bond acceptors (Lipinski definition) is 13. The minimum absolute atomic E-state index is 0.255. The van der Waals surface area contributed by atoms with E-state index in [2.05, 4.69) is 141 Å². The first-order valence-corrected chi connectivity index (χ1v) is 35.9. The lowest BCUT2D eigenvalue weighted by atomic mass is 9.97. The molecule has 0 spiro atoms. The number of ether oxygens (including phenoxy) is 4. The summed E-state index contributed by atoms with van der Waals surface area (Å²) in [5.41, 5.74) is 0. The van der Waals surface area contributed by atoms with Crippen molar-refractivity contribution in [1.29, 1.82) is 0 Å². The molecule has 2 fully saturated rings. The van der Waals surface area contributed by atoms with Crippen LogP contribution in [0.5, 0.6) is 0 Å². The highest BCUT2D eigenvalue weighted by molar-refractivity contribution is 5.76. The zero-order valence-corrected chi connectivity index (χ0v) is 56.5. The Balaban J connectivity index is 1.61. The fourth-order valence-corrected chi connectivity index (χ4v) is 10.9. The van der Waals surface area contributed by atoms with Crippen LogP contribution < -0.4 is 5.32 Å². The number of aliphatic hydroxyl groups excluding tert-OH is 8. The normalized spacial score (nSPS) is 23.6. The highest BCUT2D eigenvalue weighted by atomic mass is 16.7. The van der Waals surface area contributed by atoms with Crippen LogP contribution in [0.25, 0.3) is 0 Å². The van der Waals surface area contributed by atoms with Crippen LogP contribution >= 0.6 is 0 Å². The van der Waals surface area contributed by atoms with Crippen molar-refractivity contribution < 1.29 is 64.6 Å². The van der Waals surface area contributed by atoms with Gasteiger partial charge in [-0.25, -0.2) is 0 Å². The van der Waals surface area contributed by atoms with Gasteiger partial charge in [-0.3, -0.25) is 4.79 Å². The van der Waals surface area contributed by atoms with Gasteiger partial charge in [-0.05, 0) is 103 Å². The minimum atomic E-state index is -1.80. The maximum Gasteiger partial charge on any atom is 0.220 e. The topological polar surface area (TPSA) is 228 Å². The predicted octanol–water partition coefficient (Wildman–Crippen LogP) is 15.1.